The number of piperidine rings is 1. The standard InChI is InChI=1S/C33H35N7O3/c1-6-21-7-9-28(35-14-21)31(33(4,5)42)40-24-11-25(40)18-38(17-24)29-10-8-22(15-36-29)27-12-26(43-20-32(2,3)41)19-39-30(27)23(13-34)16-37-39/h1,7-10,12,14-16,19,24-25,31,41-42H,11,17-18,20H2,2-5H3. The van der Waals surface area contributed by atoms with Crippen LogP contribution in [0.5, 0.6) is 5.75 Å². The smallest absolute Gasteiger partial charge is 0.138 e. The van der Waals surface area contributed by atoms with E-state index < -0.39 is 11.2 Å². The normalized spacial score (nSPS) is 19.4. The summed E-state index contributed by atoms with van der Waals surface area (Å²) in [5.41, 5.74) is 2.26. The number of hydrogen-bond acceptors (Lipinski definition) is 9. The molecule has 7 rings (SSSR count). The first-order valence-corrected chi connectivity index (χ1v) is 14.4. The molecule has 7 heterocycles. The topological polar surface area (TPSA) is 123 Å². The predicted molar refractivity (Wildman–Crippen MR) is 162 cm³/mol. The third kappa shape index (κ3) is 5.53. The van der Waals surface area contributed by atoms with Crippen LogP contribution in [0.15, 0.2) is 55.1 Å². The zero-order valence-corrected chi connectivity index (χ0v) is 24.8. The average molecular weight is 578 g/mol. The highest BCUT2D eigenvalue weighted by Crippen LogP contribution is 2.44. The number of ether oxygens (including phenoxy) is 1. The SMILES string of the molecule is C#Cc1ccc(C(N2C3CC2CN(c2ccc(-c4cc(OCC(C)(C)O)cn5ncc(C#N)c45)cn2)C3)C(C)(C)O)nc1. The van der Waals surface area contributed by atoms with Crippen LogP contribution in [-0.2, 0) is 0 Å². The Hall–Kier alpha value is -4.48. The van der Waals surface area contributed by atoms with Crippen LogP contribution in [0.2, 0.25) is 0 Å². The molecule has 0 saturated carbocycles. The van der Waals surface area contributed by atoms with Crippen molar-refractivity contribution in [1.82, 2.24) is 24.5 Å². The maximum atomic E-state index is 11.2. The van der Waals surface area contributed by atoms with Crippen LogP contribution in [-0.4, -0.2) is 77.7 Å². The lowest BCUT2D eigenvalue weighted by molar-refractivity contribution is -0.115. The van der Waals surface area contributed by atoms with E-state index in [0.717, 1.165) is 42.1 Å². The van der Waals surface area contributed by atoms with Crippen molar-refractivity contribution in [2.45, 2.75) is 63.4 Å². The summed E-state index contributed by atoms with van der Waals surface area (Å²) in [4.78, 5) is 14.1. The minimum Gasteiger partial charge on any atom is -0.489 e. The van der Waals surface area contributed by atoms with Gasteiger partial charge in [-0.05, 0) is 64.4 Å². The lowest BCUT2D eigenvalue weighted by Crippen LogP contribution is -2.71. The van der Waals surface area contributed by atoms with Gasteiger partial charge in [-0.1, -0.05) is 5.92 Å². The Morgan fingerprint density at radius 1 is 1.07 bits per heavy atom. The van der Waals surface area contributed by atoms with Crippen LogP contribution >= 0.6 is 0 Å². The van der Waals surface area contributed by atoms with Gasteiger partial charge in [0.05, 0.1) is 46.4 Å². The quantitative estimate of drug-likeness (QED) is 0.303. The third-order valence-electron chi connectivity index (χ3n) is 8.13. The van der Waals surface area contributed by atoms with Gasteiger partial charge in [0.2, 0.25) is 0 Å². The van der Waals surface area contributed by atoms with Crippen LogP contribution in [0.25, 0.3) is 16.6 Å². The minimum atomic E-state index is -0.999. The number of nitriles is 1. The molecule has 3 fully saturated rings. The number of pyridine rings is 3. The second-order valence-electron chi connectivity index (χ2n) is 12.6. The first-order valence-electron chi connectivity index (χ1n) is 14.4. The van der Waals surface area contributed by atoms with Gasteiger partial charge < -0.3 is 19.8 Å². The fourth-order valence-electron chi connectivity index (χ4n) is 6.25. The van der Waals surface area contributed by atoms with E-state index in [1.165, 1.54) is 6.20 Å². The number of aromatic nitrogens is 4. The van der Waals surface area contributed by atoms with Crippen LogP contribution in [0.3, 0.4) is 0 Å². The number of fused-ring (bicyclic) bond motifs is 3. The number of nitrogens with zero attached hydrogens (tertiary/aromatic N) is 7. The number of anilines is 1. The summed E-state index contributed by atoms with van der Waals surface area (Å²) in [6, 6.07) is 12.1. The number of hydrogen-bond donors (Lipinski definition) is 2. The van der Waals surface area contributed by atoms with Gasteiger partial charge in [0.25, 0.3) is 0 Å². The van der Waals surface area contributed by atoms with Crippen molar-refractivity contribution >= 4 is 11.3 Å². The number of terminal acetylenes is 1. The van der Waals surface area contributed by atoms with E-state index in [0.29, 0.717) is 22.4 Å². The molecule has 3 saturated heterocycles. The molecule has 43 heavy (non-hydrogen) atoms. The second kappa shape index (κ2) is 10.7. The lowest BCUT2D eigenvalue weighted by atomic mass is 9.80. The van der Waals surface area contributed by atoms with Crippen LogP contribution in [0.4, 0.5) is 5.82 Å². The highest BCUT2D eigenvalue weighted by atomic mass is 16.5. The van der Waals surface area contributed by atoms with Gasteiger partial charge in [-0.25, -0.2) is 9.50 Å². The molecule has 0 amide bonds. The molecule has 3 unspecified atom stereocenters. The highest BCUT2D eigenvalue weighted by Gasteiger charge is 2.52. The molecule has 10 nitrogen and oxygen atoms in total. The molecule has 10 heteroatoms. The van der Waals surface area contributed by atoms with Crippen molar-refractivity contribution in [2.75, 3.05) is 24.6 Å². The van der Waals surface area contributed by atoms with Gasteiger partial charge in [-0.3, -0.25) is 9.88 Å². The van der Waals surface area contributed by atoms with E-state index in [2.05, 4.69) is 31.9 Å². The number of aliphatic hydroxyl groups is 2. The molecule has 3 aliphatic rings. The van der Waals surface area contributed by atoms with Gasteiger partial charge in [0.15, 0.2) is 0 Å². The minimum absolute atomic E-state index is 0.108. The van der Waals surface area contributed by atoms with Gasteiger partial charge in [0, 0.05) is 54.3 Å². The Morgan fingerprint density at radius 2 is 1.84 bits per heavy atom. The molecule has 0 spiro atoms. The van der Waals surface area contributed by atoms with Gasteiger partial charge in [-0.15, -0.1) is 6.42 Å². The molecule has 2 bridgehead atoms. The molecular formula is C33H35N7O3. The van der Waals surface area contributed by atoms with E-state index in [-0.39, 0.29) is 24.7 Å². The van der Waals surface area contributed by atoms with Crippen LogP contribution in [0.1, 0.15) is 57.0 Å². The van der Waals surface area contributed by atoms with Crippen LogP contribution < -0.4 is 9.64 Å². The first-order chi connectivity index (χ1) is 20.4. The van der Waals surface area contributed by atoms with Crippen molar-refractivity contribution in [3.8, 4) is 35.3 Å². The lowest BCUT2D eigenvalue weighted by Gasteiger charge is -2.60. The molecule has 3 aliphatic heterocycles. The van der Waals surface area contributed by atoms with Crippen molar-refractivity contribution in [1.29, 1.82) is 5.26 Å². The van der Waals surface area contributed by atoms with E-state index in [1.54, 1.807) is 30.8 Å². The van der Waals surface area contributed by atoms with Crippen LogP contribution in [0, 0.1) is 23.7 Å². The van der Waals surface area contributed by atoms with Crippen molar-refractivity contribution < 1.29 is 14.9 Å². The molecule has 0 aromatic carbocycles. The molecule has 4 aromatic heterocycles. The summed E-state index contributed by atoms with van der Waals surface area (Å²) in [5.74, 6) is 4.01. The van der Waals surface area contributed by atoms with E-state index in [1.807, 2.05) is 50.4 Å². The second-order valence-corrected chi connectivity index (χ2v) is 12.6. The summed E-state index contributed by atoms with van der Waals surface area (Å²) in [6.45, 7) is 8.70. The Bertz CT molecular complexity index is 1710. The average Bonchev–Trinajstić information content (AvgIpc) is 3.41. The molecule has 0 aliphatic carbocycles. The Balaban J connectivity index is 1.23. The summed E-state index contributed by atoms with van der Waals surface area (Å²) < 4.78 is 7.49. The maximum Gasteiger partial charge on any atom is 0.138 e. The molecule has 0 radical (unpaired) electrons. The largest absolute Gasteiger partial charge is 0.489 e. The number of rotatable bonds is 8. The predicted octanol–water partition coefficient (Wildman–Crippen LogP) is 3.57. The summed E-state index contributed by atoms with van der Waals surface area (Å²) in [6.07, 6.45) is 13.3. The fourth-order valence-corrected chi connectivity index (χ4v) is 6.25. The van der Waals surface area contributed by atoms with Crippen molar-refractivity contribution in [3.63, 3.8) is 0 Å². The third-order valence-corrected chi connectivity index (χ3v) is 8.13. The number of piperazine rings is 1. The highest BCUT2D eigenvalue weighted by molar-refractivity contribution is 5.85. The first kappa shape index (κ1) is 28.6. The zero-order chi connectivity index (χ0) is 30.5. The van der Waals surface area contributed by atoms with E-state index in [4.69, 9.17) is 16.1 Å². The van der Waals surface area contributed by atoms with E-state index in [9.17, 15) is 15.5 Å². The van der Waals surface area contributed by atoms with Gasteiger partial charge in [0.1, 0.15) is 24.2 Å². The molecule has 4 aromatic rings. The molecule has 220 valence electrons. The maximum absolute atomic E-state index is 11.2. The van der Waals surface area contributed by atoms with Crippen molar-refractivity contribution in [3.05, 3.63) is 71.9 Å². The Morgan fingerprint density at radius 3 is 2.42 bits per heavy atom. The Labute approximate surface area is 251 Å². The molecule has 2 N–H and O–H groups in total. The summed E-state index contributed by atoms with van der Waals surface area (Å²) in [7, 11) is 0. The van der Waals surface area contributed by atoms with Crippen molar-refractivity contribution in [2.24, 2.45) is 0 Å². The van der Waals surface area contributed by atoms with Gasteiger partial charge in [-0.2, -0.15) is 10.4 Å². The van der Waals surface area contributed by atoms with Gasteiger partial charge >= 0.3 is 0 Å². The molecule has 3 atom stereocenters. The summed E-state index contributed by atoms with van der Waals surface area (Å²) in [5, 5.41) is 35.3. The Kier molecular flexibility index (Phi) is 7.10. The fraction of sp³-hybridized carbons (Fsp3) is 0.394. The monoisotopic (exact) mass is 577 g/mol. The zero-order valence-electron chi connectivity index (χ0n) is 24.8. The summed E-state index contributed by atoms with van der Waals surface area (Å²) >= 11 is 0. The molecular weight excluding hydrogens is 542 g/mol. The van der Waals surface area contributed by atoms with E-state index >= 15 is 0 Å².